The van der Waals surface area contributed by atoms with Gasteiger partial charge in [-0.3, -0.25) is 9.59 Å². The summed E-state index contributed by atoms with van der Waals surface area (Å²) in [6.07, 6.45) is 0. The fourth-order valence-corrected chi connectivity index (χ4v) is 6.67. The lowest BCUT2D eigenvalue weighted by Crippen LogP contribution is -2.33. The lowest BCUT2D eigenvalue weighted by atomic mass is 10.2. The third-order valence-electron chi connectivity index (χ3n) is 6.04. The predicted molar refractivity (Wildman–Crippen MR) is 189 cm³/mol. The number of halogens is 1. The molecule has 1 aromatic heterocycles. The van der Waals surface area contributed by atoms with E-state index < -0.39 is 37.8 Å². The number of hydrogen-bond donors (Lipinski definition) is 3. The van der Waals surface area contributed by atoms with E-state index in [1.165, 1.54) is 82.0 Å². The number of aromatic carboxylic acids is 1. The van der Waals surface area contributed by atoms with Crippen molar-refractivity contribution in [3.63, 3.8) is 0 Å². The van der Waals surface area contributed by atoms with Gasteiger partial charge < -0.3 is 15.7 Å². The fourth-order valence-electron chi connectivity index (χ4n) is 3.56. The first-order valence-electron chi connectivity index (χ1n) is 14.1. The molecule has 0 unspecified atom stereocenters. The van der Waals surface area contributed by atoms with E-state index in [2.05, 4.69) is 31.5 Å². The second kappa shape index (κ2) is 18.0. The van der Waals surface area contributed by atoms with Gasteiger partial charge in [0.05, 0.1) is 27.6 Å². The Bertz CT molecular complexity index is 1960. The van der Waals surface area contributed by atoms with Crippen LogP contribution in [0.3, 0.4) is 0 Å². The first-order valence-corrected chi connectivity index (χ1v) is 18.7. The molecule has 4 rings (SSSR count). The van der Waals surface area contributed by atoms with Crippen molar-refractivity contribution in [2.45, 2.75) is 23.6 Å². The maximum atomic E-state index is 12.4. The number of benzene rings is 3. The van der Waals surface area contributed by atoms with E-state index in [4.69, 9.17) is 5.11 Å². The van der Waals surface area contributed by atoms with E-state index in [1.807, 2.05) is 43.5 Å². The molecule has 0 aliphatic carbocycles. The molecule has 2 amide bonds. The number of anilines is 1. The van der Waals surface area contributed by atoms with Crippen LogP contribution in [0.15, 0.2) is 92.4 Å². The molecular formula is C31H36BrN5O8S3. The summed E-state index contributed by atoms with van der Waals surface area (Å²) >= 11 is 4.74. The predicted octanol–water partition coefficient (Wildman–Crippen LogP) is 4.85. The van der Waals surface area contributed by atoms with Crippen LogP contribution in [0.5, 0.6) is 0 Å². The standard InChI is InChI=1S/C20H19BrN4O4S2.C9H11NO4S.C2H6/c1-25(2)31(28,29)14-7-5-6-13(10-14)19(27)22-11-18(26)24-20-23-17(12-30-20)15-8-3-4-9-16(15)21;1-10(2)15(13,14)8-5-3-4-7(6-8)9(11)12;1-2/h3-10,12H,11H2,1-2H3,(H,22,27)(H,23,24,26);3-6H,1-2H3,(H,11,12);1-2H3. The number of carbonyl (C=O) groups excluding carboxylic acids is 2. The minimum absolute atomic E-state index is 0.00279. The Morgan fingerprint density at radius 1 is 0.812 bits per heavy atom. The summed E-state index contributed by atoms with van der Waals surface area (Å²) in [5.41, 5.74) is 1.72. The number of carbonyl (C=O) groups is 3. The highest BCUT2D eigenvalue weighted by molar-refractivity contribution is 9.10. The van der Waals surface area contributed by atoms with Crippen molar-refractivity contribution in [2.75, 3.05) is 40.1 Å². The number of carboxylic acid groups (broad SMARTS) is 1. The molecule has 48 heavy (non-hydrogen) atoms. The molecule has 17 heteroatoms. The molecule has 0 saturated heterocycles. The fraction of sp³-hybridized carbons (Fsp3) is 0.226. The Hall–Kier alpha value is -4.00. The highest BCUT2D eigenvalue weighted by atomic mass is 79.9. The van der Waals surface area contributed by atoms with Crippen molar-refractivity contribution in [3.05, 3.63) is 93.8 Å². The van der Waals surface area contributed by atoms with E-state index in [0.717, 1.165) is 30.4 Å². The van der Waals surface area contributed by atoms with Crippen LogP contribution >= 0.6 is 27.3 Å². The van der Waals surface area contributed by atoms with E-state index in [1.54, 1.807) is 0 Å². The molecule has 0 spiro atoms. The van der Waals surface area contributed by atoms with Crippen LogP contribution in [0.2, 0.25) is 0 Å². The van der Waals surface area contributed by atoms with Gasteiger partial charge in [-0.2, -0.15) is 0 Å². The van der Waals surface area contributed by atoms with Crippen LogP contribution in [0.4, 0.5) is 5.13 Å². The van der Waals surface area contributed by atoms with Crippen LogP contribution < -0.4 is 10.6 Å². The number of sulfonamides is 2. The van der Waals surface area contributed by atoms with Gasteiger partial charge in [-0.1, -0.05) is 60.1 Å². The van der Waals surface area contributed by atoms with E-state index in [9.17, 15) is 31.2 Å². The monoisotopic (exact) mass is 781 g/mol. The molecule has 0 atom stereocenters. The Kier molecular flexibility index (Phi) is 15.0. The normalized spacial score (nSPS) is 11.1. The van der Waals surface area contributed by atoms with Gasteiger partial charge in [-0.05, 0) is 42.5 Å². The molecule has 0 aliphatic heterocycles. The number of nitrogens with one attached hydrogen (secondary N) is 2. The SMILES string of the molecule is CC.CN(C)S(=O)(=O)c1cccc(C(=O)NCC(=O)Nc2nc(-c3ccccc3Br)cs2)c1.CN(C)S(=O)(=O)c1cccc(C(=O)O)c1. The number of amides is 2. The summed E-state index contributed by atoms with van der Waals surface area (Å²) in [4.78, 5) is 39.6. The third-order valence-corrected chi connectivity index (χ3v) is 11.1. The van der Waals surface area contributed by atoms with Crippen molar-refractivity contribution in [2.24, 2.45) is 0 Å². The van der Waals surface area contributed by atoms with E-state index in [0.29, 0.717) is 5.13 Å². The largest absolute Gasteiger partial charge is 0.478 e. The first-order chi connectivity index (χ1) is 22.5. The summed E-state index contributed by atoms with van der Waals surface area (Å²) in [7, 11) is -1.63. The zero-order valence-electron chi connectivity index (χ0n) is 27.0. The van der Waals surface area contributed by atoms with E-state index >= 15 is 0 Å². The summed E-state index contributed by atoms with van der Waals surface area (Å²) in [6, 6.07) is 18.5. The molecule has 0 saturated carbocycles. The van der Waals surface area contributed by atoms with Gasteiger partial charge in [-0.15, -0.1) is 11.3 Å². The minimum atomic E-state index is -3.66. The Morgan fingerprint density at radius 3 is 1.85 bits per heavy atom. The van der Waals surface area contributed by atoms with Crippen molar-refractivity contribution in [1.82, 2.24) is 18.9 Å². The molecule has 3 N–H and O–H groups in total. The van der Waals surface area contributed by atoms with Crippen LogP contribution in [0, 0.1) is 0 Å². The first kappa shape index (κ1) is 40.2. The van der Waals surface area contributed by atoms with Gasteiger partial charge >= 0.3 is 5.97 Å². The maximum Gasteiger partial charge on any atom is 0.335 e. The summed E-state index contributed by atoms with van der Waals surface area (Å²) in [5.74, 6) is -2.15. The number of thiazole rings is 1. The van der Waals surface area contributed by atoms with Crippen molar-refractivity contribution in [3.8, 4) is 11.3 Å². The molecule has 4 aromatic rings. The number of rotatable bonds is 10. The Balaban J connectivity index is 0.000000395. The summed E-state index contributed by atoms with van der Waals surface area (Å²) < 4.78 is 50.7. The number of aromatic nitrogens is 1. The molecule has 0 radical (unpaired) electrons. The summed E-state index contributed by atoms with van der Waals surface area (Å²) in [6.45, 7) is 3.72. The lowest BCUT2D eigenvalue weighted by Gasteiger charge is -2.12. The van der Waals surface area contributed by atoms with Crippen LogP contribution in [-0.2, 0) is 24.8 Å². The Morgan fingerprint density at radius 2 is 1.33 bits per heavy atom. The lowest BCUT2D eigenvalue weighted by molar-refractivity contribution is -0.115. The molecule has 0 bridgehead atoms. The zero-order valence-corrected chi connectivity index (χ0v) is 31.0. The molecule has 0 aliphatic rings. The van der Waals surface area contributed by atoms with Crippen LogP contribution in [-0.4, -0.2) is 88.1 Å². The molecule has 3 aromatic carbocycles. The van der Waals surface area contributed by atoms with E-state index in [-0.39, 0.29) is 27.5 Å². The number of hydrogen-bond acceptors (Lipinski definition) is 9. The molecule has 258 valence electrons. The van der Waals surface area contributed by atoms with Gasteiger partial charge in [0.25, 0.3) is 5.91 Å². The smallest absolute Gasteiger partial charge is 0.335 e. The average molecular weight is 783 g/mol. The number of nitrogens with zero attached hydrogens (tertiary/aromatic N) is 3. The van der Waals surface area contributed by atoms with Gasteiger partial charge in [0.15, 0.2) is 5.13 Å². The topological polar surface area (TPSA) is 183 Å². The number of carboxylic acids is 1. The highest BCUT2D eigenvalue weighted by Gasteiger charge is 2.20. The van der Waals surface area contributed by atoms with Gasteiger partial charge in [0.2, 0.25) is 26.0 Å². The zero-order chi connectivity index (χ0) is 36.2. The van der Waals surface area contributed by atoms with Gasteiger partial charge in [-0.25, -0.2) is 35.2 Å². The van der Waals surface area contributed by atoms with Gasteiger partial charge in [0, 0.05) is 49.2 Å². The molecule has 1 heterocycles. The van der Waals surface area contributed by atoms with Gasteiger partial charge in [0.1, 0.15) is 0 Å². The van der Waals surface area contributed by atoms with Crippen molar-refractivity contribution in [1.29, 1.82) is 0 Å². The summed E-state index contributed by atoms with van der Waals surface area (Å²) in [5, 5.41) is 16.1. The molecule has 0 fully saturated rings. The quantitative estimate of drug-likeness (QED) is 0.203. The second-order valence-electron chi connectivity index (χ2n) is 9.68. The van der Waals surface area contributed by atoms with Crippen molar-refractivity contribution >= 4 is 70.2 Å². The highest BCUT2D eigenvalue weighted by Crippen LogP contribution is 2.30. The molecular weight excluding hydrogens is 746 g/mol. The third kappa shape index (κ3) is 10.8. The average Bonchev–Trinajstić information content (AvgIpc) is 3.53. The Labute approximate surface area is 292 Å². The maximum absolute atomic E-state index is 12.4. The van der Waals surface area contributed by atoms with Crippen LogP contribution in [0.1, 0.15) is 34.6 Å². The minimum Gasteiger partial charge on any atom is -0.478 e. The van der Waals surface area contributed by atoms with Crippen LogP contribution in [0.25, 0.3) is 11.3 Å². The van der Waals surface area contributed by atoms with Crippen molar-refractivity contribution < 1.29 is 36.3 Å². The molecule has 13 nitrogen and oxygen atoms in total. The second-order valence-corrected chi connectivity index (χ2v) is 15.7.